The standard InChI is InChI=1S/C77H130N14O16S/c1-25-27-31-47(15)64(107-76-59(78)63(93)57(105-76)39-80-69(108)56(106-77(79)104)38-50-32-29-28-30-33-50)62-68(97)83-51(26-2)71(99)85(18)40-58(92)86(19)52(34-41(3)4)67(96)84-60(45(11)12)74(102)87(20)53(35-42(5)6)66(95)81-48(16)65(94)82-49(17)70(98)88(21)54(36-43(7)8)72(100)89(22)55(37-44(9)10)73(101)90(23)61(46(13)14)75(103)91(62)24/h25,27-30,32-33,41-49,51-57,59-64,76,93H,26,31,34-40,78H2,1-24H3,(H2,79,104)(H,80,108)(H,81,95)(H,82,94)(H,83,97)(H,84,96)/b27-25+/t47-,48+,49-,51+,52+,53+,54+,55+,56-,57-,59+,60+,61+,62+,63-,64-,76-/m1/s1. The Labute approximate surface area is 646 Å². The lowest BCUT2D eigenvalue weighted by molar-refractivity contribution is -0.195. The molecule has 1 aromatic rings. The summed E-state index contributed by atoms with van der Waals surface area (Å²) in [5.41, 5.74) is 13.0. The van der Waals surface area contributed by atoms with Crippen LogP contribution >= 0.6 is 12.2 Å². The van der Waals surface area contributed by atoms with Crippen LogP contribution in [0.15, 0.2) is 42.5 Å². The second kappa shape index (κ2) is 43.5. The van der Waals surface area contributed by atoms with Gasteiger partial charge < -0.3 is 91.7 Å². The van der Waals surface area contributed by atoms with Gasteiger partial charge in [-0.3, -0.25) is 52.7 Å². The summed E-state index contributed by atoms with van der Waals surface area (Å²) in [6.45, 7) is 28.9. The topological polar surface area (TPSA) is 388 Å². The predicted octanol–water partition coefficient (Wildman–Crippen LogP) is 3.33. The molecule has 2 saturated heterocycles. The van der Waals surface area contributed by atoms with E-state index in [1.165, 1.54) is 87.7 Å². The van der Waals surface area contributed by atoms with Crippen LogP contribution in [-0.2, 0) is 73.4 Å². The zero-order valence-corrected chi connectivity index (χ0v) is 69.3. The molecule has 0 radical (unpaired) electrons. The van der Waals surface area contributed by atoms with Crippen molar-refractivity contribution in [1.29, 1.82) is 0 Å². The van der Waals surface area contributed by atoms with Crippen molar-refractivity contribution in [3.8, 4) is 0 Å². The fourth-order valence-electron chi connectivity index (χ4n) is 13.5. The molecule has 610 valence electrons. The summed E-state index contributed by atoms with van der Waals surface area (Å²) < 4.78 is 18.7. The predicted molar refractivity (Wildman–Crippen MR) is 415 cm³/mol. The van der Waals surface area contributed by atoms with Crippen LogP contribution in [0.4, 0.5) is 4.79 Å². The smallest absolute Gasteiger partial charge is 0.405 e. The third kappa shape index (κ3) is 26.4. The number of carbonyl (C=O) groups is 12. The molecule has 1 aromatic carbocycles. The third-order valence-corrected chi connectivity index (χ3v) is 20.4. The number of primary amides is 1. The number of rotatable bonds is 23. The summed E-state index contributed by atoms with van der Waals surface area (Å²) in [5, 5.41) is 26.0. The van der Waals surface area contributed by atoms with Gasteiger partial charge in [-0.2, -0.15) is 0 Å². The van der Waals surface area contributed by atoms with Gasteiger partial charge in [0.15, 0.2) is 12.4 Å². The van der Waals surface area contributed by atoms with Crippen molar-refractivity contribution in [3.05, 3.63) is 48.0 Å². The lowest BCUT2D eigenvalue weighted by Crippen LogP contribution is -2.64. The highest BCUT2D eigenvalue weighted by Crippen LogP contribution is 2.31. The van der Waals surface area contributed by atoms with E-state index >= 15 is 19.2 Å². The number of carbonyl (C=O) groups excluding carboxylic acids is 12. The van der Waals surface area contributed by atoms with Crippen LogP contribution < -0.4 is 38.1 Å². The van der Waals surface area contributed by atoms with Crippen LogP contribution in [0.3, 0.4) is 0 Å². The second-order valence-electron chi connectivity index (χ2n) is 31.7. The molecule has 2 aliphatic rings. The Bertz CT molecular complexity index is 3250. The van der Waals surface area contributed by atoms with Crippen molar-refractivity contribution in [1.82, 2.24) is 60.9 Å². The molecule has 0 bridgehead atoms. The van der Waals surface area contributed by atoms with Gasteiger partial charge in [0, 0.05) is 62.3 Å². The number of aliphatic hydroxyl groups excluding tert-OH is 1. The Kier molecular flexibility index (Phi) is 38.0. The van der Waals surface area contributed by atoms with Gasteiger partial charge in [0.05, 0.1) is 18.7 Å². The first-order chi connectivity index (χ1) is 50.3. The van der Waals surface area contributed by atoms with E-state index in [0.29, 0.717) is 0 Å². The number of hydrogen-bond acceptors (Lipinski definition) is 18. The summed E-state index contributed by atoms with van der Waals surface area (Å²) in [5.74, 6) is -10.7. The van der Waals surface area contributed by atoms with Crippen LogP contribution in [0, 0.1) is 41.4 Å². The van der Waals surface area contributed by atoms with E-state index < -0.39 is 193 Å². The third-order valence-electron chi connectivity index (χ3n) is 20.0. The number of aliphatic hydroxyl groups is 1. The summed E-state index contributed by atoms with van der Waals surface area (Å²) >= 11 is 5.70. The molecule has 10 N–H and O–H groups in total. The van der Waals surface area contributed by atoms with Gasteiger partial charge >= 0.3 is 6.09 Å². The van der Waals surface area contributed by atoms with Gasteiger partial charge in [-0.1, -0.05) is 152 Å². The van der Waals surface area contributed by atoms with E-state index in [1.807, 2.05) is 79.7 Å². The van der Waals surface area contributed by atoms with Gasteiger partial charge in [-0.15, -0.1) is 0 Å². The highest BCUT2D eigenvalue weighted by atomic mass is 32.1. The monoisotopic (exact) mass is 1540 g/mol. The molecule has 108 heavy (non-hydrogen) atoms. The molecule has 17 atom stereocenters. The minimum atomic E-state index is -1.73. The van der Waals surface area contributed by atoms with Gasteiger partial charge in [0.1, 0.15) is 77.6 Å². The maximum absolute atomic E-state index is 16.0. The lowest BCUT2D eigenvalue weighted by Gasteiger charge is -2.43. The number of ether oxygens (including phenoxy) is 3. The average Bonchev–Trinajstić information content (AvgIpc) is 1.23. The number of nitrogens with zero attached hydrogens (tertiary/aromatic N) is 7. The van der Waals surface area contributed by atoms with Crippen molar-refractivity contribution in [2.75, 3.05) is 62.4 Å². The van der Waals surface area contributed by atoms with Crippen LogP contribution in [0.5, 0.6) is 0 Å². The number of allylic oxidation sites excluding steroid dienone is 2. The van der Waals surface area contributed by atoms with E-state index in [1.54, 1.807) is 66.7 Å². The summed E-state index contributed by atoms with van der Waals surface area (Å²) in [7, 11) is 9.81. The molecule has 0 spiro atoms. The minimum Gasteiger partial charge on any atom is -0.439 e. The highest BCUT2D eigenvalue weighted by Gasteiger charge is 2.50. The van der Waals surface area contributed by atoms with Gasteiger partial charge in [-0.25, -0.2) is 4.79 Å². The Morgan fingerprint density at radius 1 is 0.611 bits per heavy atom. The number of nitrogens with one attached hydrogen (secondary N) is 5. The van der Waals surface area contributed by atoms with Crippen molar-refractivity contribution >= 4 is 88.3 Å². The fourth-order valence-corrected chi connectivity index (χ4v) is 13.8. The zero-order valence-electron chi connectivity index (χ0n) is 68.4. The minimum absolute atomic E-state index is 0.0496. The van der Waals surface area contributed by atoms with E-state index in [2.05, 4.69) is 26.6 Å². The Morgan fingerprint density at radius 3 is 1.59 bits per heavy atom. The molecular formula is C77H130N14O16S. The average molecular weight is 1540 g/mol. The second-order valence-corrected chi connectivity index (χ2v) is 32.1. The zero-order chi connectivity index (χ0) is 82.4. The Morgan fingerprint density at radius 2 is 1.09 bits per heavy atom. The van der Waals surface area contributed by atoms with Gasteiger partial charge in [0.25, 0.3) is 0 Å². The quantitative estimate of drug-likeness (QED) is 0.0575. The molecule has 0 aliphatic carbocycles. The van der Waals surface area contributed by atoms with E-state index in [4.69, 9.17) is 37.9 Å². The Hall–Kier alpha value is -7.87. The number of likely N-dealkylation sites (N-methyl/N-ethyl adjacent to an activating group) is 7. The number of amides is 12. The van der Waals surface area contributed by atoms with Crippen molar-refractivity contribution in [2.45, 2.75) is 260 Å². The SMILES string of the molecule is C/C=C/C[C@@H](C)[C@@H](O[C@H]1O[C@H](CNC(=S)[C@@H](Cc2ccccc2)OC(N)=O)[C@@H](O)[C@@H]1N)[C@H]1C(=O)N[C@@H](CC)C(=O)N(C)CC(=O)N(C)[C@@H](CC(C)C)C(=O)N[C@@H](C(C)C)C(=O)N(C)[C@@H](CC(C)C)C(=O)N[C@@H](C)C(=O)N[C@H](C)C(=O)N(C)[C@@H](CC(C)C)C(=O)N(C)[C@@H](CC(C)C)C(=O)N(C)[C@@H](C(C)C)C(=O)N1C. The van der Waals surface area contributed by atoms with Gasteiger partial charge in [0.2, 0.25) is 65.0 Å². The highest BCUT2D eigenvalue weighted by molar-refractivity contribution is 7.80. The number of hydrogen-bond donors (Lipinski definition) is 8. The first-order valence-corrected chi connectivity index (χ1v) is 38.4. The number of benzene rings is 1. The molecule has 0 unspecified atom stereocenters. The van der Waals surface area contributed by atoms with Crippen LogP contribution in [0.1, 0.15) is 162 Å². The maximum atomic E-state index is 16.0. The molecule has 3 rings (SSSR count). The molecule has 0 saturated carbocycles. The molecule has 12 amide bonds. The first kappa shape index (κ1) is 94.3. The lowest BCUT2D eigenvalue weighted by atomic mass is 9.91. The first-order valence-electron chi connectivity index (χ1n) is 37.9. The van der Waals surface area contributed by atoms with Gasteiger partial charge in [-0.05, 0) is 106 Å². The molecule has 2 heterocycles. The summed E-state index contributed by atoms with van der Waals surface area (Å²) in [4.78, 5) is 186. The summed E-state index contributed by atoms with van der Waals surface area (Å²) in [6, 6.07) is -5.37. The molecule has 0 aromatic heterocycles. The van der Waals surface area contributed by atoms with E-state index in [-0.39, 0.29) is 80.2 Å². The van der Waals surface area contributed by atoms with Crippen LogP contribution in [0.2, 0.25) is 0 Å². The van der Waals surface area contributed by atoms with Crippen molar-refractivity contribution < 1.29 is 76.9 Å². The molecule has 2 fully saturated rings. The maximum Gasteiger partial charge on any atom is 0.405 e. The fraction of sp³-hybridized carbons (Fsp3) is 0.727. The number of thiocarbonyl (C=S) groups is 1. The summed E-state index contributed by atoms with van der Waals surface area (Å²) in [6.07, 6.45) is -3.34. The van der Waals surface area contributed by atoms with Crippen LogP contribution in [-0.4, -0.2) is 275 Å². The molecule has 30 nitrogen and oxygen atoms in total. The number of nitrogens with two attached hydrogens (primary N) is 2. The largest absolute Gasteiger partial charge is 0.439 e. The van der Waals surface area contributed by atoms with Crippen LogP contribution in [0.25, 0.3) is 0 Å². The normalized spacial score (nSPS) is 27.3. The molecule has 2 aliphatic heterocycles. The molecule has 31 heteroatoms. The molecular weight excluding hydrogens is 1410 g/mol. The van der Waals surface area contributed by atoms with Crippen molar-refractivity contribution in [3.63, 3.8) is 0 Å². The van der Waals surface area contributed by atoms with Crippen molar-refractivity contribution in [2.24, 2.45) is 52.9 Å². The van der Waals surface area contributed by atoms with E-state index in [9.17, 15) is 43.5 Å². The van der Waals surface area contributed by atoms with E-state index in [0.717, 1.165) is 15.4 Å². The Balaban J connectivity index is 2.41.